The van der Waals surface area contributed by atoms with Crippen molar-refractivity contribution in [2.24, 2.45) is 0 Å². The third-order valence-electron chi connectivity index (χ3n) is 6.33. The van der Waals surface area contributed by atoms with Crippen LogP contribution in [0.1, 0.15) is 27.0 Å². The molecule has 2 unspecified atom stereocenters. The lowest BCUT2D eigenvalue weighted by atomic mass is 9.98. The maximum Gasteiger partial charge on any atom is 0.459 e. The number of methoxy groups -OCH3 is 1. The van der Waals surface area contributed by atoms with Crippen molar-refractivity contribution in [3.63, 3.8) is 0 Å². The van der Waals surface area contributed by atoms with E-state index in [9.17, 15) is 9.67 Å². The molecular weight excluding hydrogens is 530 g/mol. The quantitative estimate of drug-likeness (QED) is 0.256. The molecule has 5 rings (SSSR count). The summed E-state index contributed by atoms with van der Waals surface area (Å²) in [6.07, 6.45) is -3.17. The first-order valence-corrected chi connectivity index (χ1v) is 13.8. The van der Waals surface area contributed by atoms with E-state index in [1.165, 1.54) is 24.9 Å². The summed E-state index contributed by atoms with van der Waals surface area (Å²) >= 11 is 0. The van der Waals surface area contributed by atoms with Gasteiger partial charge in [0, 0.05) is 11.4 Å². The summed E-state index contributed by atoms with van der Waals surface area (Å²) in [6, 6.07) is 12.5. The van der Waals surface area contributed by atoms with Gasteiger partial charge >= 0.3 is 7.75 Å². The Kier molecular flexibility index (Phi) is 7.21. The molecule has 14 heteroatoms. The largest absolute Gasteiger partial charge is 0.479 e. The molecule has 1 aliphatic heterocycles. The van der Waals surface area contributed by atoms with Crippen LogP contribution in [-0.2, 0) is 13.8 Å². The lowest BCUT2D eigenvalue weighted by Gasteiger charge is -2.26. The van der Waals surface area contributed by atoms with Crippen molar-refractivity contribution in [2.75, 3.05) is 19.5 Å². The van der Waals surface area contributed by atoms with Crippen LogP contribution < -0.4 is 20.1 Å². The number of aliphatic hydroxyl groups is 1. The molecule has 39 heavy (non-hydrogen) atoms. The highest BCUT2D eigenvalue weighted by Gasteiger charge is 2.55. The Balaban J connectivity index is 1.40. The van der Waals surface area contributed by atoms with Crippen LogP contribution >= 0.6 is 7.75 Å². The minimum atomic E-state index is -4.01. The van der Waals surface area contributed by atoms with E-state index in [-0.39, 0.29) is 29.0 Å². The average Bonchev–Trinajstić information content (AvgIpc) is 3.39. The molecule has 0 radical (unpaired) electrons. The Labute approximate surface area is 223 Å². The number of fused-ring (bicyclic) bond motifs is 2. The van der Waals surface area contributed by atoms with Crippen LogP contribution in [-0.4, -0.2) is 62.3 Å². The van der Waals surface area contributed by atoms with E-state index < -0.39 is 38.5 Å². The van der Waals surface area contributed by atoms with Crippen LogP contribution in [0, 0.1) is 0 Å². The van der Waals surface area contributed by atoms with E-state index in [2.05, 4.69) is 20.0 Å². The summed E-state index contributed by atoms with van der Waals surface area (Å²) in [6.45, 7) is 4.36. The number of imidazole rings is 1. The fourth-order valence-corrected chi connectivity index (χ4v) is 6.13. The zero-order valence-electron chi connectivity index (χ0n) is 21.8. The SMILES string of the molecule is COc1nc(N)nc2c1ncn2C1O[C@H](COP(=O)(NC(C)C)Oc2cccc3ccccc23)[C@H](F)[C@@]1(C)O. The predicted octanol–water partition coefficient (Wildman–Crippen LogP) is 3.76. The van der Waals surface area contributed by atoms with E-state index in [4.69, 9.17) is 24.3 Å². The van der Waals surface area contributed by atoms with E-state index >= 15 is 4.39 Å². The highest BCUT2D eigenvalue weighted by atomic mass is 31.2. The molecule has 1 fully saturated rings. The number of aromatic nitrogens is 4. The normalized spacial score (nSPS) is 24.8. The zero-order valence-corrected chi connectivity index (χ0v) is 22.7. The summed E-state index contributed by atoms with van der Waals surface area (Å²) in [4.78, 5) is 12.4. The number of benzene rings is 2. The number of rotatable bonds is 9. The van der Waals surface area contributed by atoms with E-state index in [1.54, 1.807) is 26.0 Å². The fourth-order valence-electron chi connectivity index (χ4n) is 4.56. The van der Waals surface area contributed by atoms with Gasteiger partial charge < -0.3 is 24.8 Å². The molecule has 0 saturated carbocycles. The Bertz CT molecular complexity index is 1540. The lowest BCUT2D eigenvalue weighted by molar-refractivity contribution is -0.0885. The van der Waals surface area contributed by atoms with E-state index in [0.29, 0.717) is 5.75 Å². The molecule has 0 spiro atoms. The Morgan fingerprint density at radius 2 is 2.00 bits per heavy atom. The maximum atomic E-state index is 15.6. The summed E-state index contributed by atoms with van der Waals surface area (Å²) in [7, 11) is -2.61. The number of anilines is 1. The van der Waals surface area contributed by atoms with Gasteiger partial charge in [0.2, 0.25) is 11.8 Å². The Hall–Kier alpha value is -3.35. The number of nitrogens with zero attached hydrogens (tertiary/aromatic N) is 4. The van der Waals surface area contributed by atoms with Crippen LogP contribution in [0.25, 0.3) is 21.9 Å². The number of hydrogen-bond donors (Lipinski definition) is 3. The minimum Gasteiger partial charge on any atom is -0.479 e. The van der Waals surface area contributed by atoms with Gasteiger partial charge in [0.1, 0.15) is 17.5 Å². The van der Waals surface area contributed by atoms with Crippen molar-refractivity contribution in [3.8, 4) is 11.6 Å². The fraction of sp³-hybridized carbons (Fsp3) is 0.400. The number of halogens is 1. The lowest BCUT2D eigenvalue weighted by Crippen LogP contribution is -2.41. The Morgan fingerprint density at radius 1 is 1.26 bits per heavy atom. The van der Waals surface area contributed by atoms with Crippen molar-refractivity contribution in [3.05, 3.63) is 48.8 Å². The second kappa shape index (κ2) is 10.3. The number of nitrogens with two attached hydrogens (primary N) is 1. The highest BCUT2D eigenvalue weighted by molar-refractivity contribution is 7.52. The second-order valence-electron chi connectivity index (χ2n) is 9.72. The first-order chi connectivity index (χ1) is 18.5. The van der Waals surface area contributed by atoms with E-state index in [1.807, 2.05) is 30.3 Å². The number of alkyl halides is 1. The van der Waals surface area contributed by atoms with Crippen LogP contribution in [0.2, 0.25) is 0 Å². The zero-order chi connectivity index (χ0) is 27.9. The van der Waals surface area contributed by atoms with Crippen LogP contribution in [0.3, 0.4) is 0 Å². The molecule has 3 heterocycles. The van der Waals surface area contributed by atoms with Crippen molar-refractivity contribution in [1.29, 1.82) is 0 Å². The molecule has 0 amide bonds. The minimum absolute atomic E-state index is 0.0956. The first-order valence-electron chi connectivity index (χ1n) is 12.3. The smallest absolute Gasteiger partial charge is 0.459 e. The van der Waals surface area contributed by atoms with Crippen LogP contribution in [0.4, 0.5) is 10.3 Å². The topological polar surface area (TPSA) is 156 Å². The van der Waals surface area contributed by atoms with Gasteiger partial charge in [-0.1, -0.05) is 36.4 Å². The first kappa shape index (κ1) is 27.2. The van der Waals surface area contributed by atoms with Gasteiger partial charge in [-0.05, 0) is 32.2 Å². The van der Waals surface area contributed by atoms with Crippen molar-refractivity contribution >= 4 is 35.6 Å². The van der Waals surface area contributed by atoms with Gasteiger partial charge in [0.05, 0.1) is 20.0 Å². The number of nitrogen functional groups attached to an aromatic ring is 1. The molecule has 1 aliphatic rings. The summed E-state index contributed by atoms with van der Waals surface area (Å²) in [5.41, 5.74) is 4.21. The van der Waals surface area contributed by atoms with Gasteiger partial charge in [-0.25, -0.2) is 19.0 Å². The number of ether oxygens (including phenoxy) is 2. The molecule has 208 valence electrons. The van der Waals surface area contributed by atoms with Crippen LogP contribution in [0.15, 0.2) is 48.8 Å². The molecule has 12 nitrogen and oxygen atoms in total. The number of hydrogen-bond acceptors (Lipinski definition) is 10. The van der Waals surface area contributed by atoms with Crippen LogP contribution in [0.5, 0.6) is 11.6 Å². The van der Waals surface area contributed by atoms with Gasteiger partial charge in [-0.3, -0.25) is 9.09 Å². The second-order valence-corrected chi connectivity index (χ2v) is 11.4. The van der Waals surface area contributed by atoms with Crippen molar-refractivity contribution in [1.82, 2.24) is 24.6 Å². The van der Waals surface area contributed by atoms with Crippen molar-refractivity contribution < 1.29 is 32.6 Å². The van der Waals surface area contributed by atoms with Gasteiger partial charge in [-0.2, -0.15) is 9.97 Å². The molecule has 0 aliphatic carbocycles. The summed E-state index contributed by atoms with van der Waals surface area (Å²) < 4.78 is 53.4. The van der Waals surface area contributed by atoms with Gasteiger partial charge in [0.25, 0.3) is 0 Å². The Morgan fingerprint density at radius 3 is 2.74 bits per heavy atom. The third kappa shape index (κ3) is 5.15. The van der Waals surface area contributed by atoms with Gasteiger partial charge in [-0.15, -0.1) is 0 Å². The standard InChI is InChI=1S/C25H30FN6O6P/c1-14(2)31-39(34,38-17-11-7-9-15-8-5-6-10-16(15)17)36-12-18-20(26)25(3,33)23(37-18)32-13-28-19-21(32)29-24(27)30-22(19)35-4/h5-11,13-14,18,20,23,33H,12H2,1-4H3,(H,31,34)(H2,27,29,30)/t18-,20+,23?,25-,39?/m1/s1. The van der Waals surface area contributed by atoms with Gasteiger partial charge in [0.15, 0.2) is 23.6 Å². The predicted molar refractivity (Wildman–Crippen MR) is 142 cm³/mol. The molecule has 1 saturated heterocycles. The molecule has 4 N–H and O–H groups in total. The highest BCUT2D eigenvalue weighted by Crippen LogP contribution is 2.49. The number of nitrogens with one attached hydrogen (secondary N) is 1. The van der Waals surface area contributed by atoms with E-state index in [0.717, 1.165) is 10.8 Å². The summed E-state index contributed by atoms with van der Waals surface area (Å²) in [5.74, 6) is 0.369. The molecule has 2 aromatic heterocycles. The third-order valence-corrected chi connectivity index (χ3v) is 8.09. The molecule has 5 atom stereocenters. The monoisotopic (exact) mass is 560 g/mol. The average molecular weight is 561 g/mol. The molecule has 2 aromatic carbocycles. The maximum absolute atomic E-state index is 15.6. The molecule has 4 aromatic rings. The summed E-state index contributed by atoms with van der Waals surface area (Å²) in [5, 5.41) is 15.6. The molecule has 0 bridgehead atoms. The van der Waals surface area contributed by atoms with Crippen molar-refractivity contribution in [2.45, 2.75) is 50.9 Å². The molecular formula is C25H30FN6O6P.